The normalized spacial score (nSPS) is 21.1. The Morgan fingerprint density at radius 3 is 2.85 bits per heavy atom. The number of unbranched alkanes of at least 4 members (excludes halogenated alkanes) is 2. The Morgan fingerprint density at radius 1 is 1.19 bits per heavy atom. The fourth-order valence-electron chi connectivity index (χ4n) is 4.06. The molecule has 3 heterocycles. The fraction of sp³-hybridized carbons (Fsp3) is 0.850. The van der Waals surface area contributed by atoms with Crippen molar-refractivity contribution in [3.63, 3.8) is 0 Å². The molecular weight excluding hydrogens is 338 g/mol. The lowest BCUT2D eigenvalue weighted by molar-refractivity contribution is 0.224. The molecule has 7 heteroatoms. The van der Waals surface area contributed by atoms with Crippen LogP contribution >= 0.6 is 0 Å². The second-order valence-electron chi connectivity index (χ2n) is 7.86. The molecule has 2 aliphatic rings. The number of aliphatic imine (C=N–C) groups is 1. The minimum Gasteiger partial charge on any atom is -0.357 e. The summed E-state index contributed by atoms with van der Waals surface area (Å²) in [5.41, 5.74) is 0. The van der Waals surface area contributed by atoms with Crippen LogP contribution in [0, 0.1) is 6.92 Å². The van der Waals surface area contributed by atoms with Gasteiger partial charge in [-0.05, 0) is 65.6 Å². The molecule has 27 heavy (non-hydrogen) atoms. The quantitative estimate of drug-likeness (QED) is 0.414. The van der Waals surface area contributed by atoms with Crippen molar-refractivity contribution in [1.82, 2.24) is 30.3 Å². The van der Waals surface area contributed by atoms with Gasteiger partial charge in [0.15, 0.2) is 5.96 Å². The number of piperidine rings is 1. The molecule has 2 aliphatic heterocycles. The van der Waals surface area contributed by atoms with Crippen LogP contribution in [-0.2, 0) is 13.0 Å². The first-order chi connectivity index (χ1) is 13.2. The molecule has 0 aromatic carbocycles. The van der Waals surface area contributed by atoms with Gasteiger partial charge in [-0.25, -0.2) is 9.67 Å². The van der Waals surface area contributed by atoms with E-state index in [-0.39, 0.29) is 0 Å². The summed E-state index contributed by atoms with van der Waals surface area (Å²) in [6.07, 6.45) is 10.00. The third-order valence-electron chi connectivity index (χ3n) is 5.50. The Labute approximate surface area is 164 Å². The van der Waals surface area contributed by atoms with Crippen LogP contribution in [0.4, 0.5) is 0 Å². The van der Waals surface area contributed by atoms with Crippen molar-refractivity contribution in [3.8, 4) is 0 Å². The molecule has 0 saturated carbocycles. The van der Waals surface area contributed by atoms with Gasteiger partial charge in [0.05, 0.1) is 6.54 Å². The molecular formula is C20H37N7. The predicted octanol–water partition coefficient (Wildman–Crippen LogP) is 2.11. The Morgan fingerprint density at radius 2 is 2.04 bits per heavy atom. The molecule has 0 amide bonds. The number of aromatic nitrogens is 3. The number of likely N-dealkylation sites (tertiary alicyclic amines) is 1. The summed E-state index contributed by atoms with van der Waals surface area (Å²) < 4.78 is 2.04. The smallest absolute Gasteiger partial charge is 0.191 e. The molecule has 0 bridgehead atoms. The summed E-state index contributed by atoms with van der Waals surface area (Å²) in [4.78, 5) is 11.9. The van der Waals surface area contributed by atoms with E-state index in [0.29, 0.717) is 6.04 Å². The van der Waals surface area contributed by atoms with E-state index in [2.05, 4.69) is 32.5 Å². The second kappa shape index (κ2) is 10.6. The van der Waals surface area contributed by atoms with E-state index in [4.69, 9.17) is 4.99 Å². The number of hydrogen-bond donors (Lipinski definition) is 2. The Hall–Kier alpha value is -1.63. The lowest BCUT2D eigenvalue weighted by atomic mass is 10.1. The molecule has 2 N–H and O–H groups in total. The third-order valence-corrected chi connectivity index (χ3v) is 5.50. The summed E-state index contributed by atoms with van der Waals surface area (Å²) in [7, 11) is 0. The molecule has 1 fully saturated rings. The molecule has 0 radical (unpaired) electrons. The summed E-state index contributed by atoms with van der Waals surface area (Å²) >= 11 is 0. The lowest BCUT2D eigenvalue weighted by Gasteiger charge is -2.26. The van der Waals surface area contributed by atoms with E-state index in [9.17, 15) is 0 Å². The van der Waals surface area contributed by atoms with Crippen molar-refractivity contribution in [2.45, 2.75) is 77.8 Å². The maximum absolute atomic E-state index is 4.79. The van der Waals surface area contributed by atoms with Gasteiger partial charge in [0.2, 0.25) is 0 Å². The van der Waals surface area contributed by atoms with Crippen molar-refractivity contribution in [3.05, 3.63) is 11.6 Å². The summed E-state index contributed by atoms with van der Waals surface area (Å²) in [6.45, 7) is 10.6. The van der Waals surface area contributed by atoms with Gasteiger partial charge in [-0.2, -0.15) is 5.10 Å². The Balaban J connectivity index is 1.36. The fourth-order valence-corrected chi connectivity index (χ4v) is 4.06. The van der Waals surface area contributed by atoms with Gasteiger partial charge in [-0.1, -0.05) is 12.8 Å². The molecule has 3 rings (SSSR count). The van der Waals surface area contributed by atoms with Crippen LogP contribution in [0.3, 0.4) is 0 Å². The van der Waals surface area contributed by atoms with Gasteiger partial charge in [-0.15, -0.1) is 0 Å². The number of nitrogens with zero attached hydrogens (tertiary/aromatic N) is 5. The van der Waals surface area contributed by atoms with Crippen LogP contribution < -0.4 is 10.6 Å². The molecule has 1 saturated heterocycles. The van der Waals surface area contributed by atoms with Crippen LogP contribution in [-0.4, -0.2) is 64.4 Å². The number of hydrogen-bond acceptors (Lipinski definition) is 4. The molecule has 0 spiro atoms. The molecule has 1 aromatic heterocycles. The molecule has 1 atom stereocenters. The van der Waals surface area contributed by atoms with Crippen LogP contribution in [0.25, 0.3) is 0 Å². The summed E-state index contributed by atoms with van der Waals surface area (Å²) in [5, 5.41) is 11.5. The topological polar surface area (TPSA) is 70.4 Å². The molecule has 0 aliphatic carbocycles. The van der Waals surface area contributed by atoms with E-state index in [0.717, 1.165) is 50.1 Å². The number of aryl methyl sites for hydroxylation is 2. The minimum absolute atomic E-state index is 0.371. The average molecular weight is 376 g/mol. The highest BCUT2D eigenvalue weighted by Crippen LogP contribution is 2.13. The zero-order valence-electron chi connectivity index (χ0n) is 17.2. The van der Waals surface area contributed by atoms with Gasteiger partial charge in [0.25, 0.3) is 0 Å². The number of fused-ring (bicyclic) bond motifs is 1. The summed E-state index contributed by atoms with van der Waals surface area (Å²) in [5.74, 6) is 2.93. The first-order valence-electron chi connectivity index (χ1n) is 10.9. The zero-order valence-corrected chi connectivity index (χ0v) is 17.2. The monoisotopic (exact) mass is 375 g/mol. The first kappa shape index (κ1) is 20.1. The zero-order chi connectivity index (χ0) is 18.9. The molecule has 1 aromatic rings. The van der Waals surface area contributed by atoms with E-state index >= 15 is 0 Å². The standard InChI is InChI=1S/C20H37N7/c1-3-21-20(22-12-6-4-7-13-26-14-8-5-9-15-26)24-18-10-11-19-23-17(2)25-27(19)16-18/h18H,3-16H2,1-2H3,(H2,21,22,24). The van der Waals surface area contributed by atoms with Crippen molar-refractivity contribution in [1.29, 1.82) is 0 Å². The number of nitrogens with one attached hydrogen (secondary N) is 2. The highest BCUT2D eigenvalue weighted by atomic mass is 15.4. The molecule has 7 nitrogen and oxygen atoms in total. The molecule has 1 unspecified atom stereocenters. The van der Waals surface area contributed by atoms with Gasteiger partial charge in [-0.3, -0.25) is 4.99 Å². The van der Waals surface area contributed by atoms with Crippen LogP contribution in [0.1, 0.15) is 63.5 Å². The second-order valence-corrected chi connectivity index (χ2v) is 7.86. The van der Waals surface area contributed by atoms with E-state index in [1.165, 1.54) is 58.2 Å². The predicted molar refractivity (Wildman–Crippen MR) is 110 cm³/mol. The van der Waals surface area contributed by atoms with Crippen molar-refractivity contribution in [2.24, 2.45) is 4.99 Å². The summed E-state index contributed by atoms with van der Waals surface area (Å²) in [6, 6.07) is 0.371. The van der Waals surface area contributed by atoms with Crippen LogP contribution in [0.15, 0.2) is 4.99 Å². The maximum atomic E-state index is 4.79. The van der Waals surface area contributed by atoms with E-state index in [1.807, 2.05) is 11.6 Å². The Kier molecular flexibility index (Phi) is 7.93. The van der Waals surface area contributed by atoms with Gasteiger partial charge >= 0.3 is 0 Å². The van der Waals surface area contributed by atoms with Crippen molar-refractivity contribution in [2.75, 3.05) is 32.7 Å². The highest BCUT2D eigenvalue weighted by Gasteiger charge is 2.21. The Bertz CT molecular complexity index is 589. The van der Waals surface area contributed by atoms with Crippen molar-refractivity contribution < 1.29 is 0 Å². The van der Waals surface area contributed by atoms with Crippen molar-refractivity contribution >= 4 is 5.96 Å². The molecule has 152 valence electrons. The average Bonchev–Trinajstić information content (AvgIpc) is 3.04. The van der Waals surface area contributed by atoms with Gasteiger partial charge in [0.1, 0.15) is 11.6 Å². The third kappa shape index (κ3) is 6.48. The van der Waals surface area contributed by atoms with Crippen LogP contribution in [0.2, 0.25) is 0 Å². The maximum Gasteiger partial charge on any atom is 0.191 e. The van der Waals surface area contributed by atoms with Gasteiger partial charge < -0.3 is 15.5 Å². The van der Waals surface area contributed by atoms with E-state index in [1.54, 1.807) is 0 Å². The van der Waals surface area contributed by atoms with E-state index < -0.39 is 0 Å². The van der Waals surface area contributed by atoms with Gasteiger partial charge in [0, 0.05) is 25.6 Å². The first-order valence-corrected chi connectivity index (χ1v) is 10.9. The highest BCUT2D eigenvalue weighted by molar-refractivity contribution is 5.80. The largest absolute Gasteiger partial charge is 0.357 e. The van der Waals surface area contributed by atoms with Crippen LogP contribution in [0.5, 0.6) is 0 Å². The SMILES string of the molecule is CCNC(=NCCCCCN1CCCCC1)NC1CCc2nc(C)nn2C1. The lowest BCUT2D eigenvalue weighted by Crippen LogP contribution is -2.47. The number of rotatable bonds is 8. The number of guanidine groups is 1. The minimum atomic E-state index is 0.371.